The van der Waals surface area contributed by atoms with Crippen LogP contribution in [0.5, 0.6) is 17.4 Å². The normalized spacial score (nSPS) is 13.9. The number of carbonyl (C=O) groups excluding carboxylic acids is 1. The Bertz CT molecular complexity index is 2030. The Balaban J connectivity index is 1.05. The lowest BCUT2D eigenvalue weighted by atomic mass is 10.1. The van der Waals surface area contributed by atoms with E-state index in [2.05, 4.69) is 35.9 Å². The first-order valence-electron chi connectivity index (χ1n) is 17.0. The van der Waals surface area contributed by atoms with E-state index < -0.39 is 10.0 Å². The topological polar surface area (TPSA) is 97.2 Å². The van der Waals surface area contributed by atoms with Crippen LogP contribution in [-0.2, 0) is 23.6 Å². The Morgan fingerprint density at radius 3 is 2.26 bits per heavy atom. The number of hydrogen-bond donors (Lipinski definition) is 0. The summed E-state index contributed by atoms with van der Waals surface area (Å²) >= 11 is 0. The molecule has 0 radical (unpaired) electrons. The van der Waals surface area contributed by atoms with E-state index in [1.807, 2.05) is 59.8 Å². The standard InChI is InChI=1S/C39H45N5O5S/c1-28(2)18-23-48-33-12-8-30(9-13-33)27-43-19-21-44(22-20-43)39(45)37-24-31-10-14-34(25-36(31)41(37)4)49-38-17-11-32(26-40-38)42(5)50(46,47)35-15-6-29(3)7-16-35/h6-17,24-26,28H,18-23,27H2,1-5H3. The minimum Gasteiger partial charge on any atom is -0.494 e. The molecule has 1 aliphatic heterocycles. The number of aromatic nitrogens is 2. The molecule has 0 atom stereocenters. The van der Waals surface area contributed by atoms with Gasteiger partial charge in [0.15, 0.2) is 0 Å². The van der Waals surface area contributed by atoms with Gasteiger partial charge in [-0.3, -0.25) is 14.0 Å². The highest BCUT2D eigenvalue weighted by Crippen LogP contribution is 2.29. The Kier molecular flexibility index (Phi) is 10.4. The summed E-state index contributed by atoms with van der Waals surface area (Å²) in [5.74, 6) is 2.42. The third-order valence-electron chi connectivity index (χ3n) is 9.18. The maximum absolute atomic E-state index is 13.6. The predicted octanol–water partition coefficient (Wildman–Crippen LogP) is 6.88. The second-order valence-corrected chi connectivity index (χ2v) is 15.3. The molecule has 50 heavy (non-hydrogen) atoms. The van der Waals surface area contributed by atoms with Crippen LogP contribution < -0.4 is 13.8 Å². The number of piperazine rings is 1. The van der Waals surface area contributed by atoms with Gasteiger partial charge in [-0.05, 0) is 73.4 Å². The first-order chi connectivity index (χ1) is 24.0. The first kappa shape index (κ1) is 35.0. The Hall–Kier alpha value is -4.87. The predicted molar refractivity (Wildman–Crippen MR) is 197 cm³/mol. The van der Waals surface area contributed by atoms with Crippen molar-refractivity contribution in [3.05, 3.63) is 108 Å². The number of pyridine rings is 1. The van der Waals surface area contributed by atoms with E-state index >= 15 is 0 Å². The molecule has 0 spiro atoms. The number of carbonyl (C=O) groups is 1. The number of ether oxygens (including phenoxy) is 2. The minimum absolute atomic E-state index is 0.00989. The summed E-state index contributed by atoms with van der Waals surface area (Å²) in [7, 11) is -0.340. The molecule has 1 fully saturated rings. The monoisotopic (exact) mass is 695 g/mol. The van der Waals surface area contributed by atoms with Crippen LogP contribution >= 0.6 is 0 Å². The summed E-state index contributed by atoms with van der Waals surface area (Å²) in [6, 6.07) is 25.9. The molecule has 2 aromatic heterocycles. The summed E-state index contributed by atoms with van der Waals surface area (Å²) in [4.78, 5) is 22.5. The molecule has 1 amide bonds. The molecule has 3 heterocycles. The zero-order valence-electron chi connectivity index (χ0n) is 29.4. The highest BCUT2D eigenvalue weighted by molar-refractivity contribution is 7.92. The number of aryl methyl sites for hydroxylation is 2. The van der Waals surface area contributed by atoms with E-state index in [9.17, 15) is 13.2 Å². The zero-order valence-corrected chi connectivity index (χ0v) is 30.2. The van der Waals surface area contributed by atoms with Crippen LogP contribution in [0.3, 0.4) is 0 Å². The molecule has 0 saturated carbocycles. The molecule has 3 aromatic carbocycles. The van der Waals surface area contributed by atoms with Gasteiger partial charge in [0.05, 0.1) is 28.9 Å². The second-order valence-electron chi connectivity index (χ2n) is 13.3. The largest absolute Gasteiger partial charge is 0.494 e. The Labute approximate surface area is 294 Å². The van der Waals surface area contributed by atoms with Crippen molar-refractivity contribution < 1.29 is 22.7 Å². The highest BCUT2D eigenvalue weighted by atomic mass is 32.2. The molecule has 0 N–H and O–H groups in total. The molecular weight excluding hydrogens is 651 g/mol. The third-order valence-corrected chi connectivity index (χ3v) is 11.0. The lowest BCUT2D eigenvalue weighted by Crippen LogP contribution is -2.48. The Morgan fingerprint density at radius 2 is 1.60 bits per heavy atom. The fourth-order valence-corrected chi connectivity index (χ4v) is 7.14. The molecule has 11 heteroatoms. The number of amides is 1. The van der Waals surface area contributed by atoms with Crippen molar-refractivity contribution in [3.8, 4) is 17.4 Å². The molecule has 262 valence electrons. The van der Waals surface area contributed by atoms with Crippen LogP contribution in [0, 0.1) is 12.8 Å². The van der Waals surface area contributed by atoms with Crippen molar-refractivity contribution >= 4 is 32.5 Å². The van der Waals surface area contributed by atoms with Gasteiger partial charge in [-0.25, -0.2) is 13.4 Å². The minimum atomic E-state index is -3.73. The average Bonchev–Trinajstić information content (AvgIpc) is 3.44. The Morgan fingerprint density at radius 1 is 0.900 bits per heavy atom. The zero-order chi connectivity index (χ0) is 35.4. The third kappa shape index (κ3) is 7.95. The summed E-state index contributed by atoms with van der Waals surface area (Å²) in [6.07, 6.45) is 2.51. The van der Waals surface area contributed by atoms with Gasteiger partial charge >= 0.3 is 0 Å². The van der Waals surface area contributed by atoms with Gasteiger partial charge in [0.25, 0.3) is 15.9 Å². The van der Waals surface area contributed by atoms with Gasteiger partial charge in [-0.15, -0.1) is 0 Å². The lowest BCUT2D eigenvalue weighted by Gasteiger charge is -2.34. The highest BCUT2D eigenvalue weighted by Gasteiger charge is 2.25. The number of rotatable bonds is 12. The number of benzene rings is 3. The van der Waals surface area contributed by atoms with Gasteiger partial charge in [-0.2, -0.15) is 0 Å². The smallest absolute Gasteiger partial charge is 0.270 e. The van der Waals surface area contributed by atoms with Crippen molar-refractivity contribution in [2.24, 2.45) is 13.0 Å². The molecule has 10 nitrogen and oxygen atoms in total. The van der Waals surface area contributed by atoms with Gasteiger partial charge in [-0.1, -0.05) is 43.7 Å². The fourth-order valence-electron chi connectivity index (χ4n) is 5.96. The maximum Gasteiger partial charge on any atom is 0.270 e. The van der Waals surface area contributed by atoms with Crippen molar-refractivity contribution in [1.29, 1.82) is 0 Å². The summed E-state index contributed by atoms with van der Waals surface area (Å²) in [5, 5.41) is 0.935. The van der Waals surface area contributed by atoms with Gasteiger partial charge < -0.3 is 18.9 Å². The van der Waals surface area contributed by atoms with Crippen LogP contribution in [0.2, 0.25) is 0 Å². The van der Waals surface area contributed by atoms with E-state index in [0.717, 1.165) is 54.9 Å². The molecule has 0 bridgehead atoms. The van der Waals surface area contributed by atoms with E-state index in [1.54, 1.807) is 36.4 Å². The van der Waals surface area contributed by atoms with Crippen LogP contribution in [0.1, 0.15) is 41.9 Å². The average molecular weight is 696 g/mol. The van der Waals surface area contributed by atoms with Crippen molar-refractivity contribution in [3.63, 3.8) is 0 Å². The molecule has 5 aromatic rings. The molecule has 0 aliphatic carbocycles. The van der Waals surface area contributed by atoms with Crippen LogP contribution in [0.25, 0.3) is 10.9 Å². The molecule has 0 unspecified atom stereocenters. The lowest BCUT2D eigenvalue weighted by molar-refractivity contribution is 0.0619. The second kappa shape index (κ2) is 14.9. The molecule has 1 saturated heterocycles. The summed E-state index contributed by atoms with van der Waals surface area (Å²) in [5.41, 5.74) is 4.12. The fraction of sp³-hybridized carbons (Fsp3) is 0.333. The van der Waals surface area contributed by atoms with Gasteiger partial charge in [0, 0.05) is 64.3 Å². The van der Waals surface area contributed by atoms with E-state index in [1.165, 1.54) is 23.1 Å². The van der Waals surface area contributed by atoms with E-state index in [0.29, 0.717) is 42.0 Å². The van der Waals surface area contributed by atoms with Gasteiger partial charge in [0.2, 0.25) is 5.88 Å². The summed E-state index contributed by atoms with van der Waals surface area (Å²) < 4.78 is 41.2. The van der Waals surface area contributed by atoms with E-state index in [-0.39, 0.29) is 10.8 Å². The quantitative estimate of drug-likeness (QED) is 0.140. The maximum atomic E-state index is 13.6. The number of hydrogen-bond acceptors (Lipinski definition) is 7. The molecule has 6 rings (SSSR count). The molecular formula is C39H45N5O5S. The SMILES string of the molecule is Cc1ccc(S(=O)(=O)N(C)c2ccc(Oc3ccc4cc(C(=O)N5CCN(Cc6ccc(OCCC(C)C)cc6)CC5)n(C)c4c3)nc2)cc1. The number of sulfonamides is 1. The van der Waals surface area contributed by atoms with E-state index in [4.69, 9.17) is 9.47 Å². The van der Waals surface area contributed by atoms with Crippen LogP contribution in [-0.4, -0.2) is 73.5 Å². The number of nitrogens with zero attached hydrogens (tertiary/aromatic N) is 5. The van der Waals surface area contributed by atoms with Crippen LogP contribution in [0.4, 0.5) is 5.69 Å². The molecule has 1 aliphatic rings. The number of anilines is 1. The number of fused-ring (bicyclic) bond motifs is 1. The van der Waals surface area contributed by atoms with Gasteiger partial charge in [0.1, 0.15) is 17.2 Å². The van der Waals surface area contributed by atoms with Crippen LogP contribution in [0.15, 0.2) is 96.0 Å². The first-order valence-corrected chi connectivity index (χ1v) is 18.4. The van der Waals surface area contributed by atoms with Crippen molar-refractivity contribution in [2.75, 3.05) is 44.1 Å². The summed E-state index contributed by atoms with van der Waals surface area (Å²) in [6.45, 7) is 10.8. The van der Waals surface area contributed by atoms with Crippen molar-refractivity contribution in [2.45, 2.75) is 38.6 Å². The van der Waals surface area contributed by atoms with Crippen molar-refractivity contribution in [1.82, 2.24) is 19.4 Å².